The van der Waals surface area contributed by atoms with Crippen LogP contribution in [0, 0.1) is 0 Å². The highest BCUT2D eigenvalue weighted by atomic mass is 35.5. The number of rotatable bonds is 5. The van der Waals surface area contributed by atoms with Gasteiger partial charge in [-0.3, -0.25) is 4.79 Å². The second-order valence-corrected chi connectivity index (χ2v) is 7.77. The zero-order valence-corrected chi connectivity index (χ0v) is 18.4. The third kappa shape index (κ3) is 5.12. The summed E-state index contributed by atoms with van der Waals surface area (Å²) >= 11 is 6.04. The number of halogens is 1. The van der Waals surface area contributed by atoms with E-state index in [-0.39, 0.29) is 5.91 Å². The molecule has 0 aromatic heterocycles. The van der Waals surface area contributed by atoms with Crippen LogP contribution >= 0.6 is 11.6 Å². The maximum absolute atomic E-state index is 12.5. The first-order valence-corrected chi connectivity index (χ1v) is 10.6. The Labute approximate surface area is 191 Å². The molecule has 166 valence electrons. The minimum atomic E-state index is -0.517. The van der Waals surface area contributed by atoms with Gasteiger partial charge in [-0.15, -0.1) is 0 Å². The van der Waals surface area contributed by atoms with Crippen LogP contribution in [0.1, 0.15) is 15.9 Å². The van der Waals surface area contributed by atoms with Crippen molar-refractivity contribution in [1.29, 1.82) is 0 Å². The molecule has 32 heavy (non-hydrogen) atoms. The maximum Gasteiger partial charge on any atom is 0.340 e. The molecule has 2 aliphatic rings. The second kappa shape index (κ2) is 9.89. The Hall–Kier alpha value is -3.29. The number of morpholine rings is 1. The number of nitrogens with zero attached hydrogens (tertiary/aromatic N) is 1. The fraction of sp³-hybridized carbons (Fsp3) is 0.250. The number of nitrogens with one attached hydrogen (secondary N) is 1. The SMILES string of the molecule is COC(=O)c1cc(N2CCOCC2)ccc1NC(=O)/C=C/C1=Cc2cc(Cl)ccc2OC1. The highest BCUT2D eigenvalue weighted by molar-refractivity contribution is 6.30. The molecule has 0 spiro atoms. The lowest BCUT2D eigenvalue weighted by Crippen LogP contribution is -2.36. The first kappa shape index (κ1) is 21.9. The summed E-state index contributed by atoms with van der Waals surface area (Å²) in [4.78, 5) is 27.0. The van der Waals surface area contributed by atoms with E-state index in [1.54, 1.807) is 24.3 Å². The topological polar surface area (TPSA) is 77.1 Å². The van der Waals surface area contributed by atoms with Crippen LogP contribution in [0.2, 0.25) is 5.02 Å². The van der Waals surface area contributed by atoms with Crippen LogP contribution in [0.25, 0.3) is 6.08 Å². The van der Waals surface area contributed by atoms with E-state index < -0.39 is 5.97 Å². The number of hydrogen-bond donors (Lipinski definition) is 1. The summed E-state index contributed by atoms with van der Waals surface area (Å²) in [6.45, 7) is 3.08. The van der Waals surface area contributed by atoms with Crippen molar-refractivity contribution in [2.24, 2.45) is 0 Å². The van der Waals surface area contributed by atoms with Crippen LogP contribution in [0.4, 0.5) is 11.4 Å². The van der Waals surface area contributed by atoms with Crippen LogP contribution < -0.4 is 15.0 Å². The van der Waals surface area contributed by atoms with Crippen molar-refractivity contribution >= 4 is 40.9 Å². The van der Waals surface area contributed by atoms with E-state index in [0.717, 1.165) is 35.7 Å². The van der Waals surface area contributed by atoms with Crippen molar-refractivity contribution in [2.75, 3.05) is 50.2 Å². The van der Waals surface area contributed by atoms with Gasteiger partial charge in [0.05, 0.1) is 31.6 Å². The van der Waals surface area contributed by atoms with Crippen LogP contribution in [0.5, 0.6) is 5.75 Å². The average molecular weight is 455 g/mol. The number of carbonyl (C=O) groups excluding carboxylic acids is 2. The minimum absolute atomic E-state index is 0.294. The Balaban J connectivity index is 1.49. The van der Waals surface area contributed by atoms with Crippen molar-refractivity contribution < 1.29 is 23.8 Å². The summed E-state index contributed by atoms with van der Waals surface area (Å²) in [7, 11) is 1.31. The lowest BCUT2D eigenvalue weighted by Gasteiger charge is -2.29. The molecular formula is C24H23ClN2O5. The molecule has 0 atom stereocenters. The van der Waals surface area contributed by atoms with E-state index in [1.165, 1.54) is 13.2 Å². The fourth-order valence-corrected chi connectivity index (χ4v) is 3.74. The Morgan fingerprint density at radius 2 is 1.97 bits per heavy atom. The number of methoxy groups -OCH3 is 1. The standard InChI is InChI=1S/C24H23ClN2O5/c1-30-24(29)20-14-19(27-8-10-31-11-9-27)4-5-21(20)26-23(28)7-2-16-12-17-13-18(25)3-6-22(17)32-15-16/h2-7,12-14H,8-11,15H2,1H3,(H,26,28)/b7-2+. The molecule has 8 heteroatoms. The van der Waals surface area contributed by atoms with Gasteiger partial charge in [-0.25, -0.2) is 4.79 Å². The summed E-state index contributed by atoms with van der Waals surface area (Å²) in [5.74, 6) is -0.137. The molecule has 0 saturated carbocycles. The van der Waals surface area contributed by atoms with Crippen LogP contribution in [0.15, 0.2) is 54.1 Å². The molecule has 0 unspecified atom stereocenters. The van der Waals surface area contributed by atoms with E-state index in [9.17, 15) is 9.59 Å². The molecule has 2 aromatic carbocycles. The third-order valence-corrected chi connectivity index (χ3v) is 5.43. The molecule has 1 saturated heterocycles. The molecule has 1 amide bonds. The number of anilines is 2. The van der Waals surface area contributed by atoms with Crippen LogP contribution in [-0.4, -0.2) is 51.9 Å². The first-order chi connectivity index (χ1) is 15.5. The summed E-state index contributed by atoms with van der Waals surface area (Å²) in [5, 5.41) is 3.38. The van der Waals surface area contributed by atoms with Crippen LogP contribution in [0.3, 0.4) is 0 Å². The summed E-state index contributed by atoms with van der Waals surface area (Å²) in [6.07, 6.45) is 5.01. The molecule has 0 bridgehead atoms. The Bertz CT molecular complexity index is 1090. The van der Waals surface area contributed by atoms with Gasteiger partial charge in [0, 0.05) is 35.4 Å². The largest absolute Gasteiger partial charge is 0.488 e. The molecule has 0 radical (unpaired) electrons. The first-order valence-electron chi connectivity index (χ1n) is 10.2. The average Bonchev–Trinajstić information content (AvgIpc) is 2.82. The molecule has 7 nitrogen and oxygen atoms in total. The highest BCUT2D eigenvalue weighted by Gasteiger charge is 2.18. The number of ether oxygens (including phenoxy) is 3. The molecule has 2 heterocycles. The van der Waals surface area contributed by atoms with Gasteiger partial charge in [0.1, 0.15) is 12.4 Å². The molecule has 2 aromatic rings. The van der Waals surface area contributed by atoms with Crippen molar-refractivity contribution in [1.82, 2.24) is 0 Å². The highest BCUT2D eigenvalue weighted by Crippen LogP contribution is 2.29. The van der Waals surface area contributed by atoms with Gasteiger partial charge >= 0.3 is 5.97 Å². The van der Waals surface area contributed by atoms with Crippen molar-refractivity contribution in [2.45, 2.75) is 0 Å². The molecule has 1 N–H and O–H groups in total. The summed E-state index contributed by atoms with van der Waals surface area (Å²) in [6, 6.07) is 10.7. The zero-order chi connectivity index (χ0) is 22.5. The molecule has 1 fully saturated rings. The van der Waals surface area contributed by atoms with Crippen molar-refractivity contribution in [3.8, 4) is 5.75 Å². The molecule has 2 aliphatic heterocycles. The van der Waals surface area contributed by atoms with Crippen LogP contribution in [-0.2, 0) is 14.3 Å². The Kier molecular flexibility index (Phi) is 6.78. The molecular weight excluding hydrogens is 432 g/mol. The number of fused-ring (bicyclic) bond motifs is 1. The molecule has 0 aliphatic carbocycles. The Morgan fingerprint density at radius 1 is 1.16 bits per heavy atom. The number of hydrogen-bond acceptors (Lipinski definition) is 6. The second-order valence-electron chi connectivity index (χ2n) is 7.33. The van der Waals surface area contributed by atoms with Crippen molar-refractivity contribution in [3.63, 3.8) is 0 Å². The van der Waals surface area contributed by atoms with Gasteiger partial charge in [-0.1, -0.05) is 17.7 Å². The van der Waals surface area contributed by atoms with Gasteiger partial charge in [-0.2, -0.15) is 0 Å². The zero-order valence-electron chi connectivity index (χ0n) is 17.6. The Morgan fingerprint density at radius 3 is 2.75 bits per heavy atom. The maximum atomic E-state index is 12.5. The van der Waals surface area contributed by atoms with E-state index in [1.807, 2.05) is 24.3 Å². The van der Waals surface area contributed by atoms with Gasteiger partial charge in [-0.05, 0) is 48.0 Å². The van der Waals surface area contributed by atoms with Gasteiger partial charge in [0.25, 0.3) is 0 Å². The lowest BCUT2D eigenvalue weighted by atomic mass is 10.1. The van der Waals surface area contributed by atoms with Gasteiger partial charge < -0.3 is 24.4 Å². The number of esters is 1. The monoisotopic (exact) mass is 454 g/mol. The summed E-state index contributed by atoms with van der Waals surface area (Å²) in [5.41, 5.74) is 3.24. The number of benzene rings is 2. The smallest absolute Gasteiger partial charge is 0.340 e. The lowest BCUT2D eigenvalue weighted by molar-refractivity contribution is -0.111. The van der Waals surface area contributed by atoms with E-state index in [4.69, 9.17) is 25.8 Å². The number of amides is 1. The predicted octanol–water partition coefficient (Wildman–Crippen LogP) is 3.93. The quantitative estimate of drug-likeness (QED) is 0.545. The minimum Gasteiger partial charge on any atom is -0.488 e. The third-order valence-electron chi connectivity index (χ3n) is 5.20. The predicted molar refractivity (Wildman–Crippen MR) is 124 cm³/mol. The van der Waals surface area contributed by atoms with Gasteiger partial charge in [0.2, 0.25) is 5.91 Å². The summed E-state index contributed by atoms with van der Waals surface area (Å²) < 4.78 is 16.0. The molecule has 4 rings (SSSR count). The van der Waals surface area contributed by atoms with Gasteiger partial charge in [0.15, 0.2) is 0 Å². The van der Waals surface area contributed by atoms with E-state index in [2.05, 4.69) is 10.2 Å². The van der Waals surface area contributed by atoms with Crippen molar-refractivity contribution in [3.05, 3.63) is 70.3 Å². The fourth-order valence-electron chi connectivity index (χ4n) is 3.56. The normalized spacial score (nSPS) is 15.6. The number of carbonyl (C=O) groups is 2. The van der Waals surface area contributed by atoms with E-state index in [0.29, 0.717) is 36.1 Å². The van der Waals surface area contributed by atoms with E-state index >= 15 is 0 Å².